The lowest BCUT2D eigenvalue weighted by atomic mass is 9.96. The minimum Gasteiger partial charge on any atom is -0.375 e. The van der Waals surface area contributed by atoms with Crippen molar-refractivity contribution < 1.29 is 0 Å². The average Bonchev–Trinajstić information content (AvgIpc) is 2.93. The summed E-state index contributed by atoms with van der Waals surface area (Å²) in [5.41, 5.74) is 11.8. The largest absolute Gasteiger partial charge is 0.375 e. The first kappa shape index (κ1) is 12.0. The Morgan fingerprint density at radius 2 is 2.20 bits per heavy atom. The number of anilines is 1. The molecule has 0 aliphatic heterocycles. The van der Waals surface area contributed by atoms with Gasteiger partial charge in [-0.2, -0.15) is 0 Å². The Bertz CT molecular complexity index is 797. The van der Waals surface area contributed by atoms with Crippen LogP contribution in [0.5, 0.6) is 0 Å². The topological polar surface area (TPSA) is 38.9 Å². The smallest absolute Gasteiger partial charge is 0.180 e. The van der Waals surface area contributed by atoms with Crippen molar-refractivity contribution in [3.63, 3.8) is 0 Å². The molecule has 2 N–H and O–H groups in total. The Morgan fingerprint density at radius 1 is 1.30 bits per heavy atom. The number of nitrogen functional groups attached to an aromatic ring is 1. The Kier molecular flexibility index (Phi) is 2.62. The molecule has 0 atom stereocenters. The van der Waals surface area contributed by atoms with E-state index in [0.29, 0.717) is 5.13 Å². The van der Waals surface area contributed by atoms with E-state index in [0.717, 1.165) is 23.4 Å². The lowest BCUT2D eigenvalue weighted by Crippen LogP contribution is -1.95. The number of thiazole rings is 1. The van der Waals surface area contributed by atoms with Crippen molar-refractivity contribution in [1.29, 1.82) is 0 Å². The SMILES string of the molecule is Nc1nc2c(s1)Cc1cc(C3=CC(=S)CC=C3)ccc1-2. The van der Waals surface area contributed by atoms with Gasteiger partial charge in [-0.05, 0) is 22.8 Å². The van der Waals surface area contributed by atoms with Crippen LogP contribution in [0.25, 0.3) is 16.8 Å². The predicted molar refractivity (Wildman–Crippen MR) is 89.1 cm³/mol. The fourth-order valence-electron chi connectivity index (χ4n) is 2.79. The van der Waals surface area contributed by atoms with E-state index < -0.39 is 0 Å². The highest BCUT2D eigenvalue weighted by Gasteiger charge is 2.23. The summed E-state index contributed by atoms with van der Waals surface area (Å²) in [4.78, 5) is 6.71. The van der Waals surface area contributed by atoms with E-state index in [1.807, 2.05) is 0 Å². The molecular weight excluding hydrogens is 284 g/mol. The van der Waals surface area contributed by atoms with Crippen LogP contribution >= 0.6 is 23.6 Å². The molecule has 98 valence electrons. The quantitative estimate of drug-likeness (QED) is 0.690. The molecule has 2 nitrogen and oxygen atoms in total. The zero-order chi connectivity index (χ0) is 13.7. The second kappa shape index (κ2) is 4.36. The van der Waals surface area contributed by atoms with Gasteiger partial charge in [-0.1, -0.05) is 42.6 Å². The summed E-state index contributed by atoms with van der Waals surface area (Å²) < 4.78 is 0. The molecule has 0 unspecified atom stereocenters. The van der Waals surface area contributed by atoms with Crippen LogP contribution in [0.4, 0.5) is 5.13 Å². The van der Waals surface area contributed by atoms with Crippen LogP contribution in [0.3, 0.4) is 0 Å². The molecule has 1 aromatic carbocycles. The standard InChI is InChI=1S/C16H12N2S2/c17-16-18-15-13-5-4-10(6-11(13)8-14(15)20-16)9-2-1-3-12(19)7-9/h1-2,4-7H,3,8H2,(H2,17,18). The third-order valence-corrected chi connectivity index (χ3v) is 4.86. The van der Waals surface area contributed by atoms with Gasteiger partial charge in [0.1, 0.15) is 0 Å². The molecule has 1 heterocycles. The van der Waals surface area contributed by atoms with Crippen LogP contribution in [0.1, 0.15) is 22.4 Å². The fourth-order valence-corrected chi connectivity index (χ4v) is 3.88. The van der Waals surface area contributed by atoms with Crippen molar-refractivity contribution >= 4 is 39.1 Å². The van der Waals surface area contributed by atoms with E-state index in [1.165, 1.54) is 27.1 Å². The maximum absolute atomic E-state index is 5.78. The summed E-state index contributed by atoms with van der Waals surface area (Å²) in [6, 6.07) is 6.56. The van der Waals surface area contributed by atoms with Crippen LogP contribution in [0, 0.1) is 0 Å². The molecule has 4 heteroatoms. The van der Waals surface area contributed by atoms with Gasteiger partial charge in [-0.25, -0.2) is 4.98 Å². The Labute approximate surface area is 126 Å². The van der Waals surface area contributed by atoms with Gasteiger partial charge in [0.2, 0.25) is 0 Å². The number of benzene rings is 1. The number of aromatic nitrogens is 1. The normalized spacial score (nSPS) is 16.0. The number of hydrogen-bond donors (Lipinski definition) is 1. The Balaban J connectivity index is 1.78. The third kappa shape index (κ3) is 1.84. The number of rotatable bonds is 1. The molecule has 0 spiro atoms. The zero-order valence-electron chi connectivity index (χ0n) is 10.7. The fraction of sp³-hybridized carbons (Fsp3) is 0.125. The molecule has 2 aromatic rings. The van der Waals surface area contributed by atoms with Gasteiger partial charge < -0.3 is 5.73 Å². The van der Waals surface area contributed by atoms with Crippen molar-refractivity contribution in [3.05, 3.63) is 52.4 Å². The summed E-state index contributed by atoms with van der Waals surface area (Å²) >= 11 is 6.88. The van der Waals surface area contributed by atoms with E-state index in [9.17, 15) is 0 Å². The monoisotopic (exact) mass is 296 g/mol. The molecule has 20 heavy (non-hydrogen) atoms. The number of allylic oxidation sites excluding steroid dienone is 4. The first-order valence-corrected chi connectivity index (χ1v) is 7.73. The number of fused-ring (bicyclic) bond motifs is 3. The Hall–Kier alpha value is -1.78. The van der Waals surface area contributed by atoms with Crippen LogP contribution in [-0.4, -0.2) is 9.85 Å². The van der Waals surface area contributed by atoms with E-state index in [2.05, 4.69) is 41.4 Å². The highest BCUT2D eigenvalue weighted by atomic mass is 32.1. The lowest BCUT2D eigenvalue weighted by Gasteiger charge is -2.10. The first-order valence-electron chi connectivity index (χ1n) is 6.50. The highest BCUT2D eigenvalue weighted by molar-refractivity contribution is 7.80. The van der Waals surface area contributed by atoms with Crippen molar-refractivity contribution in [2.24, 2.45) is 0 Å². The average molecular weight is 296 g/mol. The van der Waals surface area contributed by atoms with Gasteiger partial charge >= 0.3 is 0 Å². The number of hydrogen-bond acceptors (Lipinski definition) is 4. The molecule has 0 bridgehead atoms. The van der Waals surface area contributed by atoms with Gasteiger partial charge in [-0.15, -0.1) is 11.3 Å². The highest BCUT2D eigenvalue weighted by Crippen LogP contribution is 2.41. The number of nitrogens with two attached hydrogens (primary N) is 1. The van der Waals surface area contributed by atoms with E-state index in [4.69, 9.17) is 18.0 Å². The van der Waals surface area contributed by atoms with Gasteiger partial charge in [-0.3, -0.25) is 0 Å². The molecule has 0 saturated heterocycles. The van der Waals surface area contributed by atoms with Crippen molar-refractivity contribution in [2.75, 3.05) is 5.73 Å². The van der Waals surface area contributed by atoms with Crippen LogP contribution < -0.4 is 5.73 Å². The summed E-state index contributed by atoms with van der Waals surface area (Å²) in [7, 11) is 0. The summed E-state index contributed by atoms with van der Waals surface area (Å²) in [5.74, 6) is 0. The van der Waals surface area contributed by atoms with E-state index >= 15 is 0 Å². The van der Waals surface area contributed by atoms with E-state index in [-0.39, 0.29) is 0 Å². The minimum absolute atomic E-state index is 0.660. The van der Waals surface area contributed by atoms with E-state index in [1.54, 1.807) is 11.3 Å². The Morgan fingerprint density at radius 3 is 3.05 bits per heavy atom. The van der Waals surface area contributed by atoms with Crippen molar-refractivity contribution in [1.82, 2.24) is 4.98 Å². The molecule has 0 radical (unpaired) electrons. The molecule has 0 amide bonds. The third-order valence-electron chi connectivity index (χ3n) is 3.69. The van der Waals surface area contributed by atoms with Crippen molar-refractivity contribution in [3.8, 4) is 11.3 Å². The maximum Gasteiger partial charge on any atom is 0.180 e. The molecule has 0 saturated carbocycles. The van der Waals surface area contributed by atoms with Crippen LogP contribution in [0.15, 0.2) is 36.4 Å². The maximum atomic E-state index is 5.78. The predicted octanol–water partition coefficient (Wildman–Crippen LogP) is 4.01. The van der Waals surface area contributed by atoms with Crippen LogP contribution in [-0.2, 0) is 6.42 Å². The zero-order valence-corrected chi connectivity index (χ0v) is 12.4. The minimum atomic E-state index is 0.660. The lowest BCUT2D eigenvalue weighted by molar-refractivity contribution is 1.30. The van der Waals surface area contributed by atoms with Gasteiger partial charge in [0.15, 0.2) is 5.13 Å². The summed E-state index contributed by atoms with van der Waals surface area (Å²) in [5, 5.41) is 0.660. The van der Waals surface area contributed by atoms with Crippen LogP contribution in [0.2, 0.25) is 0 Å². The second-order valence-electron chi connectivity index (χ2n) is 5.05. The molecule has 2 aliphatic rings. The van der Waals surface area contributed by atoms with Gasteiger partial charge in [0.25, 0.3) is 0 Å². The number of thiocarbonyl (C=S) groups is 1. The van der Waals surface area contributed by atoms with Gasteiger partial charge in [0, 0.05) is 28.1 Å². The second-order valence-corrected chi connectivity index (χ2v) is 6.68. The molecule has 0 fully saturated rings. The summed E-state index contributed by atoms with van der Waals surface area (Å²) in [6.07, 6.45) is 8.19. The first-order chi connectivity index (χ1) is 9.70. The number of nitrogens with zero attached hydrogens (tertiary/aromatic N) is 1. The van der Waals surface area contributed by atoms with Gasteiger partial charge in [0.05, 0.1) is 5.69 Å². The molecule has 2 aliphatic carbocycles. The van der Waals surface area contributed by atoms with Crippen molar-refractivity contribution in [2.45, 2.75) is 12.8 Å². The molecule has 1 aromatic heterocycles. The summed E-state index contributed by atoms with van der Waals surface area (Å²) in [6.45, 7) is 0. The molecular formula is C16H12N2S2. The molecule has 4 rings (SSSR count).